The van der Waals surface area contributed by atoms with Crippen molar-refractivity contribution in [2.75, 3.05) is 7.11 Å². The topological polar surface area (TPSA) is 57.0 Å². The first-order valence-corrected chi connectivity index (χ1v) is 4.75. The summed E-state index contributed by atoms with van der Waals surface area (Å²) in [5.41, 5.74) is 1.86. The fraction of sp³-hybridized carbons (Fsp3) is 0.182. The van der Waals surface area contributed by atoms with E-state index in [2.05, 4.69) is 14.8 Å². The Labute approximate surface area is 92.7 Å². The highest BCUT2D eigenvalue weighted by Gasteiger charge is 2.08. The monoisotopic (exact) mass is 217 g/mol. The maximum absolute atomic E-state index is 11.3. The van der Waals surface area contributed by atoms with Crippen LogP contribution >= 0.6 is 0 Å². The molecule has 2 aromatic heterocycles. The van der Waals surface area contributed by atoms with Gasteiger partial charge in [-0.2, -0.15) is 5.10 Å². The van der Waals surface area contributed by atoms with Crippen LogP contribution in [0, 0.1) is 0 Å². The average molecular weight is 217 g/mol. The number of nitrogens with zero attached hydrogens (tertiary/aromatic N) is 3. The van der Waals surface area contributed by atoms with Gasteiger partial charge in [0.2, 0.25) is 0 Å². The van der Waals surface area contributed by atoms with Gasteiger partial charge in [-0.1, -0.05) is 0 Å². The number of ether oxygens (including phenoxy) is 1. The number of hydrogen-bond donors (Lipinski definition) is 0. The van der Waals surface area contributed by atoms with Crippen molar-refractivity contribution in [1.82, 2.24) is 14.8 Å². The Morgan fingerprint density at radius 1 is 1.38 bits per heavy atom. The van der Waals surface area contributed by atoms with Crippen LogP contribution in [0.4, 0.5) is 0 Å². The van der Waals surface area contributed by atoms with Gasteiger partial charge in [-0.25, -0.2) is 4.79 Å². The quantitative estimate of drug-likeness (QED) is 0.711. The maximum atomic E-state index is 11.3. The summed E-state index contributed by atoms with van der Waals surface area (Å²) in [5.74, 6) is -0.375. The molecule has 0 amide bonds. The van der Waals surface area contributed by atoms with Crippen LogP contribution in [-0.2, 0) is 11.8 Å². The molecule has 0 aromatic carbocycles. The van der Waals surface area contributed by atoms with Crippen molar-refractivity contribution >= 4 is 5.97 Å². The lowest BCUT2D eigenvalue weighted by Gasteiger charge is -2.00. The van der Waals surface area contributed by atoms with Crippen molar-refractivity contribution in [3.63, 3.8) is 0 Å². The van der Waals surface area contributed by atoms with Gasteiger partial charge in [-0.05, 0) is 18.2 Å². The van der Waals surface area contributed by atoms with Crippen LogP contribution < -0.4 is 0 Å². The van der Waals surface area contributed by atoms with E-state index < -0.39 is 0 Å². The number of carbonyl (C=O) groups is 1. The first-order valence-electron chi connectivity index (χ1n) is 4.75. The van der Waals surface area contributed by atoms with Crippen LogP contribution in [0.2, 0.25) is 0 Å². The first kappa shape index (κ1) is 10.4. The Hall–Kier alpha value is -2.17. The predicted molar refractivity (Wildman–Crippen MR) is 57.8 cm³/mol. The Kier molecular flexibility index (Phi) is 2.68. The van der Waals surface area contributed by atoms with E-state index in [1.54, 1.807) is 23.0 Å². The first-order chi connectivity index (χ1) is 7.70. The van der Waals surface area contributed by atoms with E-state index in [1.165, 1.54) is 7.11 Å². The number of pyridine rings is 1. The lowest BCUT2D eigenvalue weighted by atomic mass is 10.2. The van der Waals surface area contributed by atoms with Gasteiger partial charge in [0.25, 0.3) is 0 Å². The van der Waals surface area contributed by atoms with Crippen molar-refractivity contribution in [2.45, 2.75) is 0 Å². The highest BCUT2D eigenvalue weighted by Crippen LogP contribution is 2.15. The van der Waals surface area contributed by atoms with Crippen LogP contribution in [0.3, 0.4) is 0 Å². The summed E-state index contributed by atoms with van der Waals surface area (Å²) in [6, 6.07) is 5.11. The smallest absolute Gasteiger partial charge is 0.337 e. The normalized spacial score (nSPS) is 10.1. The standard InChI is InChI=1S/C11H11N3O2/c1-14-6-4-9(13-14)10-7-8(3-5-12-10)11(15)16-2/h3-7H,1-2H3. The Balaban J connectivity index is 2.39. The van der Waals surface area contributed by atoms with Gasteiger partial charge < -0.3 is 4.74 Å². The van der Waals surface area contributed by atoms with Gasteiger partial charge in [-0.15, -0.1) is 0 Å². The number of aryl methyl sites for hydroxylation is 1. The molecule has 0 radical (unpaired) electrons. The molecule has 0 aliphatic carbocycles. The molecule has 0 atom stereocenters. The molecule has 2 heterocycles. The Morgan fingerprint density at radius 2 is 2.19 bits per heavy atom. The summed E-state index contributed by atoms with van der Waals surface area (Å²) in [6.45, 7) is 0. The van der Waals surface area contributed by atoms with E-state index in [0.717, 1.165) is 5.69 Å². The van der Waals surface area contributed by atoms with E-state index in [-0.39, 0.29) is 5.97 Å². The van der Waals surface area contributed by atoms with Gasteiger partial charge in [0.15, 0.2) is 0 Å². The number of rotatable bonds is 2. The molecule has 0 unspecified atom stereocenters. The molecule has 0 saturated heterocycles. The largest absolute Gasteiger partial charge is 0.465 e. The Morgan fingerprint density at radius 3 is 2.81 bits per heavy atom. The predicted octanol–water partition coefficient (Wildman–Crippen LogP) is 1.27. The summed E-state index contributed by atoms with van der Waals surface area (Å²) in [5, 5.41) is 4.21. The van der Waals surface area contributed by atoms with Crippen molar-refractivity contribution in [3.05, 3.63) is 36.2 Å². The van der Waals surface area contributed by atoms with Crippen molar-refractivity contribution < 1.29 is 9.53 Å². The molecule has 82 valence electrons. The number of methoxy groups -OCH3 is 1. The number of esters is 1. The lowest BCUT2D eigenvalue weighted by molar-refractivity contribution is 0.0600. The van der Waals surface area contributed by atoms with Crippen LogP contribution in [0.25, 0.3) is 11.4 Å². The summed E-state index contributed by atoms with van der Waals surface area (Å²) in [7, 11) is 3.18. The molecule has 0 fully saturated rings. The van der Waals surface area contributed by atoms with Crippen LogP contribution in [-0.4, -0.2) is 27.8 Å². The molecule has 16 heavy (non-hydrogen) atoms. The summed E-state index contributed by atoms with van der Waals surface area (Å²) in [4.78, 5) is 15.5. The van der Waals surface area contributed by atoms with E-state index in [0.29, 0.717) is 11.3 Å². The highest BCUT2D eigenvalue weighted by atomic mass is 16.5. The van der Waals surface area contributed by atoms with E-state index >= 15 is 0 Å². The fourth-order valence-corrected chi connectivity index (χ4v) is 1.37. The molecule has 2 rings (SSSR count). The minimum Gasteiger partial charge on any atom is -0.465 e. The Bertz CT molecular complexity index is 519. The molecule has 0 spiro atoms. The van der Waals surface area contributed by atoms with Crippen LogP contribution in [0.5, 0.6) is 0 Å². The summed E-state index contributed by atoms with van der Waals surface area (Å²) >= 11 is 0. The number of hydrogen-bond acceptors (Lipinski definition) is 4. The van der Waals surface area contributed by atoms with Gasteiger partial charge in [0.1, 0.15) is 5.69 Å². The molecule has 0 bridgehead atoms. The van der Waals surface area contributed by atoms with E-state index in [4.69, 9.17) is 0 Å². The third-order valence-corrected chi connectivity index (χ3v) is 2.16. The molecule has 0 aliphatic heterocycles. The van der Waals surface area contributed by atoms with Crippen molar-refractivity contribution in [1.29, 1.82) is 0 Å². The second kappa shape index (κ2) is 4.14. The second-order valence-corrected chi connectivity index (χ2v) is 3.30. The molecule has 0 N–H and O–H groups in total. The number of carbonyl (C=O) groups excluding carboxylic acids is 1. The SMILES string of the molecule is COC(=O)c1ccnc(-c2ccn(C)n2)c1. The zero-order chi connectivity index (χ0) is 11.5. The molecule has 0 aliphatic rings. The summed E-state index contributed by atoms with van der Waals surface area (Å²) in [6.07, 6.45) is 3.39. The number of aromatic nitrogens is 3. The molecule has 0 saturated carbocycles. The fourth-order valence-electron chi connectivity index (χ4n) is 1.37. The third kappa shape index (κ3) is 1.93. The van der Waals surface area contributed by atoms with Crippen LogP contribution in [0.1, 0.15) is 10.4 Å². The zero-order valence-electron chi connectivity index (χ0n) is 9.04. The van der Waals surface area contributed by atoms with E-state index in [9.17, 15) is 4.79 Å². The third-order valence-electron chi connectivity index (χ3n) is 2.16. The van der Waals surface area contributed by atoms with Crippen LogP contribution in [0.15, 0.2) is 30.6 Å². The van der Waals surface area contributed by atoms with Gasteiger partial charge in [0, 0.05) is 19.4 Å². The second-order valence-electron chi connectivity index (χ2n) is 3.30. The van der Waals surface area contributed by atoms with E-state index in [1.807, 2.05) is 19.3 Å². The van der Waals surface area contributed by atoms with Gasteiger partial charge in [0.05, 0.1) is 18.4 Å². The molecule has 5 nitrogen and oxygen atoms in total. The maximum Gasteiger partial charge on any atom is 0.337 e. The molecule has 2 aromatic rings. The molecular weight excluding hydrogens is 206 g/mol. The minimum absolute atomic E-state index is 0.375. The average Bonchev–Trinajstić information content (AvgIpc) is 2.75. The lowest BCUT2D eigenvalue weighted by Crippen LogP contribution is -2.01. The zero-order valence-corrected chi connectivity index (χ0v) is 9.04. The van der Waals surface area contributed by atoms with Crippen molar-refractivity contribution in [3.8, 4) is 11.4 Å². The highest BCUT2D eigenvalue weighted by molar-refractivity contribution is 5.90. The molecule has 5 heteroatoms. The minimum atomic E-state index is -0.375. The summed E-state index contributed by atoms with van der Waals surface area (Å²) < 4.78 is 6.32. The van der Waals surface area contributed by atoms with Crippen molar-refractivity contribution in [2.24, 2.45) is 7.05 Å². The van der Waals surface area contributed by atoms with Gasteiger partial charge in [-0.3, -0.25) is 9.67 Å². The molecular formula is C11H11N3O2. The van der Waals surface area contributed by atoms with Gasteiger partial charge >= 0.3 is 5.97 Å².